The molecule has 0 aromatic heterocycles. The van der Waals surface area contributed by atoms with Crippen molar-refractivity contribution >= 4 is 17.3 Å². The Labute approximate surface area is 105 Å². The molecule has 2 aromatic carbocycles. The largest absolute Gasteiger partial charge is 0.481 e. The zero-order valence-electron chi connectivity index (χ0n) is 9.71. The minimum absolute atomic E-state index is 0.395. The van der Waals surface area contributed by atoms with Crippen molar-refractivity contribution in [2.45, 2.75) is 5.92 Å². The summed E-state index contributed by atoms with van der Waals surface area (Å²) in [4.78, 5) is 11.5. The maximum Gasteiger partial charge on any atom is 0.315 e. The lowest BCUT2D eigenvalue weighted by atomic mass is 9.90. The predicted molar refractivity (Wildman–Crippen MR) is 71.2 cm³/mol. The Bertz CT molecular complexity index is 567. The van der Waals surface area contributed by atoms with E-state index in [0.29, 0.717) is 22.5 Å². The van der Waals surface area contributed by atoms with E-state index in [2.05, 4.69) is 0 Å². The summed E-state index contributed by atoms with van der Waals surface area (Å²) >= 11 is 0. The summed E-state index contributed by atoms with van der Waals surface area (Å²) in [5.74, 6) is -1.70. The van der Waals surface area contributed by atoms with Crippen LogP contribution < -0.4 is 11.5 Å². The fourth-order valence-corrected chi connectivity index (χ4v) is 1.96. The number of aliphatic carboxylic acids is 1. The van der Waals surface area contributed by atoms with E-state index in [4.69, 9.17) is 11.5 Å². The van der Waals surface area contributed by atoms with Gasteiger partial charge >= 0.3 is 5.97 Å². The summed E-state index contributed by atoms with van der Waals surface area (Å²) in [6, 6.07) is 13.9. The standard InChI is InChI=1S/C14H14N2O2/c15-10-6-7-11(12(16)8-10)13(14(17)18)9-4-2-1-3-5-9/h1-8,13H,15-16H2,(H,17,18). The number of carboxylic acid groups (broad SMARTS) is 1. The Balaban J connectivity index is 2.52. The first-order chi connectivity index (χ1) is 8.59. The average molecular weight is 242 g/mol. The number of hydrogen-bond donors (Lipinski definition) is 3. The Morgan fingerprint density at radius 1 is 1.06 bits per heavy atom. The molecule has 0 saturated carbocycles. The van der Waals surface area contributed by atoms with Gasteiger partial charge in [-0.05, 0) is 23.3 Å². The van der Waals surface area contributed by atoms with Gasteiger partial charge in [0.05, 0.1) is 0 Å². The smallest absolute Gasteiger partial charge is 0.315 e. The van der Waals surface area contributed by atoms with Gasteiger partial charge in [-0.2, -0.15) is 0 Å². The molecule has 1 atom stereocenters. The fourth-order valence-electron chi connectivity index (χ4n) is 1.96. The number of rotatable bonds is 3. The molecule has 2 rings (SSSR count). The first-order valence-electron chi connectivity index (χ1n) is 5.52. The normalized spacial score (nSPS) is 12.0. The highest BCUT2D eigenvalue weighted by Gasteiger charge is 2.23. The van der Waals surface area contributed by atoms with Crippen LogP contribution in [-0.2, 0) is 4.79 Å². The summed E-state index contributed by atoms with van der Waals surface area (Å²) in [5, 5.41) is 9.39. The van der Waals surface area contributed by atoms with E-state index in [1.807, 2.05) is 6.07 Å². The van der Waals surface area contributed by atoms with E-state index in [9.17, 15) is 9.90 Å². The molecular weight excluding hydrogens is 228 g/mol. The molecule has 1 unspecified atom stereocenters. The number of nitrogen functional groups attached to an aromatic ring is 2. The summed E-state index contributed by atoms with van der Waals surface area (Å²) in [6.07, 6.45) is 0. The van der Waals surface area contributed by atoms with Crippen LogP contribution in [0.2, 0.25) is 0 Å². The zero-order valence-corrected chi connectivity index (χ0v) is 9.71. The molecule has 0 bridgehead atoms. The maximum atomic E-state index is 11.5. The molecule has 92 valence electrons. The van der Waals surface area contributed by atoms with Gasteiger partial charge in [0, 0.05) is 11.4 Å². The Hall–Kier alpha value is -2.49. The van der Waals surface area contributed by atoms with Gasteiger partial charge < -0.3 is 16.6 Å². The van der Waals surface area contributed by atoms with Gasteiger partial charge in [-0.25, -0.2) is 0 Å². The number of hydrogen-bond acceptors (Lipinski definition) is 3. The van der Waals surface area contributed by atoms with E-state index < -0.39 is 11.9 Å². The number of anilines is 2. The molecule has 0 spiro atoms. The van der Waals surface area contributed by atoms with Crippen molar-refractivity contribution in [3.8, 4) is 0 Å². The SMILES string of the molecule is Nc1ccc(C(C(=O)O)c2ccccc2)c(N)c1. The Kier molecular flexibility index (Phi) is 3.19. The third-order valence-electron chi connectivity index (χ3n) is 2.80. The lowest BCUT2D eigenvalue weighted by molar-refractivity contribution is -0.137. The topological polar surface area (TPSA) is 89.3 Å². The summed E-state index contributed by atoms with van der Waals surface area (Å²) in [5.41, 5.74) is 13.6. The molecule has 2 aromatic rings. The molecule has 0 saturated heterocycles. The predicted octanol–water partition coefficient (Wildman–Crippen LogP) is 2.07. The molecule has 4 nitrogen and oxygen atoms in total. The quantitative estimate of drug-likeness (QED) is 0.719. The highest BCUT2D eigenvalue weighted by Crippen LogP contribution is 2.30. The van der Waals surface area contributed by atoms with Gasteiger partial charge in [-0.3, -0.25) is 4.79 Å². The summed E-state index contributed by atoms with van der Waals surface area (Å²) < 4.78 is 0. The summed E-state index contributed by atoms with van der Waals surface area (Å²) in [6.45, 7) is 0. The lowest BCUT2D eigenvalue weighted by Gasteiger charge is -2.15. The first-order valence-corrected chi connectivity index (χ1v) is 5.52. The molecule has 4 heteroatoms. The molecular formula is C14H14N2O2. The van der Waals surface area contributed by atoms with Crippen molar-refractivity contribution in [2.75, 3.05) is 11.5 Å². The van der Waals surface area contributed by atoms with Crippen molar-refractivity contribution in [3.05, 3.63) is 59.7 Å². The van der Waals surface area contributed by atoms with E-state index in [0.717, 1.165) is 0 Å². The third-order valence-corrected chi connectivity index (χ3v) is 2.80. The second-order valence-electron chi connectivity index (χ2n) is 4.07. The highest BCUT2D eigenvalue weighted by atomic mass is 16.4. The number of carbonyl (C=O) groups is 1. The molecule has 18 heavy (non-hydrogen) atoms. The molecule has 0 radical (unpaired) electrons. The van der Waals surface area contributed by atoms with E-state index in [1.54, 1.807) is 42.5 Å². The average Bonchev–Trinajstić information content (AvgIpc) is 2.33. The molecule has 0 heterocycles. The van der Waals surface area contributed by atoms with Crippen molar-refractivity contribution in [1.29, 1.82) is 0 Å². The Morgan fingerprint density at radius 3 is 2.28 bits per heavy atom. The first kappa shape index (κ1) is 12.0. The van der Waals surface area contributed by atoms with Gasteiger partial charge in [0.1, 0.15) is 5.92 Å². The number of benzene rings is 2. The maximum absolute atomic E-state index is 11.5. The lowest BCUT2D eigenvalue weighted by Crippen LogP contribution is -2.15. The van der Waals surface area contributed by atoms with Crippen LogP contribution in [0, 0.1) is 0 Å². The van der Waals surface area contributed by atoms with E-state index in [-0.39, 0.29) is 0 Å². The van der Waals surface area contributed by atoms with Gasteiger partial charge in [-0.1, -0.05) is 36.4 Å². The zero-order chi connectivity index (χ0) is 13.1. The molecule has 0 aliphatic carbocycles. The van der Waals surface area contributed by atoms with Gasteiger partial charge in [0.25, 0.3) is 0 Å². The van der Waals surface area contributed by atoms with Crippen LogP contribution in [-0.4, -0.2) is 11.1 Å². The van der Waals surface area contributed by atoms with E-state index >= 15 is 0 Å². The van der Waals surface area contributed by atoms with Crippen LogP contribution in [0.1, 0.15) is 17.0 Å². The second-order valence-corrected chi connectivity index (χ2v) is 4.07. The van der Waals surface area contributed by atoms with Crippen LogP contribution in [0.3, 0.4) is 0 Å². The number of carboxylic acids is 1. The molecule has 0 aliphatic rings. The van der Waals surface area contributed by atoms with Gasteiger partial charge in [0.2, 0.25) is 0 Å². The van der Waals surface area contributed by atoms with Gasteiger partial charge in [0.15, 0.2) is 0 Å². The minimum atomic E-state index is -0.933. The monoisotopic (exact) mass is 242 g/mol. The molecule has 0 amide bonds. The molecule has 0 aliphatic heterocycles. The van der Waals surface area contributed by atoms with Crippen LogP contribution in [0.4, 0.5) is 11.4 Å². The van der Waals surface area contributed by atoms with Crippen molar-refractivity contribution in [1.82, 2.24) is 0 Å². The van der Waals surface area contributed by atoms with Crippen LogP contribution in [0.5, 0.6) is 0 Å². The van der Waals surface area contributed by atoms with Crippen molar-refractivity contribution in [2.24, 2.45) is 0 Å². The highest BCUT2D eigenvalue weighted by molar-refractivity contribution is 5.83. The van der Waals surface area contributed by atoms with Crippen molar-refractivity contribution < 1.29 is 9.90 Å². The minimum Gasteiger partial charge on any atom is -0.481 e. The van der Waals surface area contributed by atoms with Crippen LogP contribution in [0.15, 0.2) is 48.5 Å². The Morgan fingerprint density at radius 2 is 1.72 bits per heavy atom. The summed E-state index contributed by atoms with van der Waals surface area (Å²) in [7, 11) is 0. The molecule has 5 N–H and O–H groups in total. The van der Waals surface area contributed by atoms with E-state index in [1.165, 1.54) is 0 Å². The number of nitrogens with two attached hydrogens (primary N) is 2. The van der Waals surface area contributed by atoms with Crippen molar-refractivity contribution in [3.63, 3.8) is 0 Å². The van der Waals surface area contributed by atoms with Crippen LogP contribution in [0.25, 0.3) is 0 Å². The second kappa shape index (κ2) is 4.79. The third kappa shape index (κ3) is 2.27. The molecule has 0 fully saturated rings. The van der Waals surface area contributed by atoms with Gasteiger partial charge in [-0.15, -0.1) is 0 Å². The fraction of sp³-hybridized carbons (Fsp3) is 0.0714. The van der Waals surface area contributed by atoms with Crippen LogP contribution >= 0.6 is 0 Å².